The molecule has 2 atom stereocenters. The maximum absolute atomic E-state index is 13.0. The van der Waals surface area contributed by atoms with E-state index in [1.165, 1.54) is 41.3 Å². The Labute approximate surface area is 200 Å². The zero-order valence-corrected chi connectivity index (χ0v) is 18.9. The molecule has 0 saturated heterocycles. The molecule has 0 spiro atoms. The maximum Gasteiger partial charge on any atom is 0.416 e. The molecular formula is C20H19ClF3N9O2. The first-order chi connectivity index (χ1) is 16.5. The van der Waals surface area contributed by atoms with Gasteiger partial charge in [-0.2, -0.15) is 17.9 Å². The summed E-state index contributed by atoms with van der Waals surface area (Å²) in [5, 5.41) is 18.5. The molecule has 0 aliphatic carbocycles. The van der Waals surface area contributed by atoms with Crippen LogP contribution in [0.25, 0.3) is 17.3 Å². The van der Waals surface area contributed by atoms with E-state index in [0.29, 0.717) is 16.4 Å². The molecule has 35 heavy (non-hydrogen) atoms. The number of alkyl halides is 3. The number of benzene rings is 1. The van der Waals surface area contributed by atoms with Gasteiger partial charge in [0.15, 0.2) is 23.6 Å². The van der Waals surface area contributed by atoms with E-state index in [0.717, 1.165) is 9.25 Å². The second-order valence-corrected chi connectivity index (χ2v) is 8.01. The molecule has 15 heteroatoms. The number of hydrogen-bond donors (Lipinski definition) is 2. The molecule has 3 N–H and O–H groups in total. The Balaban J connectivity index is 1.76. The van der Waals surface area contributed by atoms with Crippen molar-refractivity contribution in [2.45, 2.75) is 38.3 Å². The fourth-order valence-electron chi connectivity index (χ4n) is 3.21. The van der Waals surface area contributed by atoms with Crippen molar-refractivity contribution < 1.29 is 18.3 Å². The molecule has 0 aliphatic rings. The summed E-state index contributed by atoms with van der Waals surface area (Å²) in [4.78, 5) is 25.6. The average Bonchev–Trinajstić information content (AvgIpc) is 3.37. The van der Waals surface area contributed by atoms with Crippen molar-refractivity contribution in [1.82, 2.24) is 39.1 Å². The lowest BCUT2D eigenvalue weighted by Gasteiger charge is -2.15. The van der Waals surface area contributed by atoms with E-state index in [1.54, 1.807) is 13.0 Å². The van der Waals surface area contributed by atoms with Gasteiger partial charge in [0.25, 0.3) is 5.95 Å². The van der Waals surface area contributed by atoms with Gasteiger partial charge in [-0.1, -0.05) is 11.6 Å². The predicted octanol–water partition coefficient (Wildman–Crippen LogP) is 1.73. The molecule has 0 bridgehead atoms. The van der Waals surface area contributed by atoms with Crippen molar-refractivity contribution >= 4 is 11.6 Å². The van der Waals surface area contributed by atoms with Gasteiger partial charge in [0.1, 0.15) is 6.54 Å². The minimum absolute atomic E-state index is 0.0896. The highest BCUT2D eigenvalue weighted by Crippen LogP contribution is 2.24. The van der Waals surface area contributed by atoms with Crippen LogP contribution in [0.5, 0.6) is 0 Å². The number of nitrogens with two attached hydrogens (primary N) is 1. The third-order valence-corrected chi connectivity index (χ3v) is 5.13. The Morgan fingerprint density at radius 1 is 1.14 bits per heavy atom. The molecule has 4 aromatic rings. The molecule has 3 aromatic heterocycles. The van der Waals surface area contributed by atoms with Crippen LogP contribution in [-0.2, 0) is 13.1 Å². The van der Waals surface area contributed by atoms with Gasteiger partial charge in [0.05, 0.1) is 12.6 Å². The summed E-state index contributed by atoms with van der Waals surface area (Å²) in [5.74, 6) is 0.527. The Kier molecular flexibility index (Phi) is 6.69. The van der Waals surface area contributed by atoms with Gasteiger partial charge in [0.2, 0.25) is 0 Å². The predicted molar refractivity (Wildman–Crippen MR) is 118 cm³/mol. The van der Waals surface area contributed by atoms with Gasteiger partial charge in [-0.3, -0.25) is 4.57 Å². The molecular weight excluding hydrogens is 491 g/mol. The van der Waals surface area contributed by atoms with Gasteiger partial charge in [-0.05, 0) is 37.3 Å². The highest BCUT2D eigenvalue weighted by molar-refractivity contribution is 6.30. The molecule has 0 aliphatic heterocycles. The SMILES string of the molecule is CC(N)c1nc(Cn2nc(-c3ccc(Cl)cc3)n(CC(O)C(F)(F)F)c2=O)nn1-c1ncccn1. The third kappa shape index (κ3) is 5.23. The van der Waals surface area contributed by atoms with Crippen molar-refractivity contribution in [3.63, 3.8) is 0 Å². The van der Waals surface area contributed by atoms with Gasteiger partial charge >= 0.3 is 11.9 Å². The van der Waals surface area contributed by atoms with Crippen LogP contribution in [0.15, 0.2) is 47.5 Å². The Morgan fingerprint density at radius 3 is 2.40 bits per heavy atom. The minimum atomic E-state index is -4.93. The number of rotatable bonds is 7. The highest BCUT2D eigenvalue weighted by atomic mass is 35.5. The molecule has 11 nitrogen and oxygen atoms in total. The van der Waals surface area contributed by atoms with E-state index in [9.17, 15) is 23.1 Å². The third-order valence-electron chi connectivity index (χ3n) is 4.87. The number of hydrogen-bond acceptors (Lipinski definition) is 8. The van der Waals surface area contributed by atoms with Gasteiger partial charge in [-0.25, -0.2) is 24.4 Å². The van der Waals surface area contributed by atoms with E-state index >= 15 is 0 Å². The fourth-order valence-corrected chi connectivity index (χ4v) is 3.34. The largest absolute Gasteiger partial charge is 0.416 e. The number of aliphatic hydroxyl groups is 1. The van der Waals surface area contributed by atoms with Crippen molar-refractivity contribution in [3.05, 3.63) is 69.9 Å². The summed E-state index contributed by atoms with van der Waals surface area (Å²) in [6, 6.07) is 7.05. The van der Waals surface area contributed by atoms with Crippen LogP contribution in [0.4, 0.5) is 13.2 Å². The van der Waals surface area contributed by atoms with E-state index in [2.05, 4.69) is 25.1 Å². The quantitative estimate of drug-likeness (QED) is 0.383. The molecule has 3 heterocycles. The van der Waals surface area contributed by atoms with Gasteiger partial charge in [-0.15, -0.1) is 10.2 Å². The summed E-state index contributed by atoms with van der Waals surface area (Å²) < 4.78 is 42.1. The minimum Gasteiger partial charge on any atom is -0.382 e. The molecule has 0 radical (unpaired) electrons. The first-order valence-electron chi connectivity index (χ1n) is 10.2. The lowest BCUT2D eigenvalue weighted by Crippen LogP contribution is -2.37. The average molecular weight is 510 g/mol. The van der Waals surface area contributed by atoms with Gasteiger partial charge < -0.3 is 10.8 Å². The van der Waals surface area contributed by atoms with Crippen molar-refractivity contribution in [3.8, 4) is 17.3 Å². The van der Waals surface area contributed by atoms with Crippen LogP contribution in [0, 0.1) is 0 Å². The van der Waals surface area contributed by atoms with Gasteiger partial charge in [0, 0.05) is 23.0 Å². The topological polar surface area (TPSA) is 143 Å². The maximum atomic E-state index is 13.0. The smallest absolute Gasteiger partial charge is 0.382 e. The second kappa shape index (κ2) is 9.56. The molecule has 0 amide bonds. The summed E-state index contributed by atoms with van der Waals surface area (Å²) in [6.45, 7) is 0.338. The number of aromatic nitrogens is 8. The summed E-state index contributed by atoms with van der Waals surface area (Å²) >= 11 is 5.90. The molecule has 2 unspecified atom stereocenters. The number of halogens is 4. The summed E-state index contributed by atoms with van der Waals surface area (Å²) in [7, 11) is 0. The van der Waals surface area contributed by atoms with E-state index < -0.39 is 30.6 Å². The normalized spacial score (nSPS) is 13.7. The van der Waals surface area contributed by atoms with Crippen molar-refractivity contribution in [2.75, 3.05) is 0 Å². The van der Waals surface area contributed by atoms with Crippen LogP contribution in [0.3, 0.4) is 0 Å². The monoisotopic (exact) mass is 509 g/mol. The van der Waals surface area contributed by atoms with Crippen LogP contribution in [0.2, 0.25) is 5.02 Å². The first kappa shape index (κ1) is 24.5. The van der Waals surface area contributed by atoms with Crippen LogP contribution in [-0.4, -0.2) is 56.5 Å². The van der Waals surface area contributed by atoms with Crippen molar-refractivity contribution in [1.29, 1.82) is 0 Å². The molecule has 1 aromatic carbocycles. The zero-order chi connectivity index (χ0) is 25.3. The Hall–Kier alpha value is -3.62. The van der Waals surface area contributed by atoms with E-state index in [4.69, 9.17) is 17.3 Å². The van der Waals surface area contributed by atoms with E-state index in [-0.39, 0.29) is 24.1 Å². The fraction of sp³-hybridized carbons (Fsp3) is 0.300. The molecule has 184 valence electrons. The Morgan fingerprint density at radius 2 is 1.80 bits per heavy atom. The first-order valence-corrected chi connectivity index (χ1v) is 10.6. The van der Waals surface area contributed by atoms with Crippen molar-refractivity contribution in [2.24, 2.45) is 5.73 Å². The highest BCUT2D eigenvalue weighted by Gasteiger charge is 2.39. The number of aliphatic hydroxyl groups excluding tert-OH is 1. The Bertz CT molecular complexity index is 1370. The summed E-state index contributed by atoms with van der Waals surface area (Å²) in [5.41, 5.74) is 5.42. The number of nitrogens with zero attached hydrogens (tertiary/aromatic N) is 8. The molecule has 4 rings (SSSR count). The summed E-state index contributed by atoms with van der Waals surface area (Å²) in [6.07, 6.45) is -4.70. The molecule has 0 fully saturated rings. The van der Waals surface area contributed by atoms with Crippen LogP contribution < -0.4 is 11.4 Å². The second-order valence-electron chi connectivity index (χ2n) is 7.57. The van der Waals surface area contributed by atoms with E-state index in [1.807, 2.05) is 0 Å². The van der Waals surface area contributed by atoms with Crippen LogP contribution in [0.1, 0.15) is 24.6 Å². The zero-order valence-electron chi connectivity index (χ0n) is 18.1. The standard InChI is InChI=1S/C20H19ClF3N9O2/c1-11(25)16-28-15(29-33(16)18-26-7-2-8-27-18)10-32-19(35)31(9-14(34)20(22,23)24)17(30-32)12-3-5-13(21)6-4-12/h2-8,11,14,34H,9-10,25H2,1H3. The van der Waals surface area contributed by atoms with Crippen LogP contribution >= 0.6 is 11.6 Å². The lowest BCUT2D eigenvalue weighted by molar-refractivity contribution is -0.207. The molecule has 0 saturated carbocycles. The lowest BCUT2D eigenvalue weighted by atomic mass is 10.2.